The van der Waals surface area contributed by atoms with Crippen molar-refractivity contribution in [1.82, 2.24) is 24.6 Å². The number of aromatic nitrogens is 4. The van der Waals surface area contributed by atoms with Gasteiger partial charge in [-0.15, -0.1) is 0 Å². The number of ether oxygens (including phenoxy) is 1. The van der Waals surface area contributed by atoms with E-state index in [9.17, 15) is 9.90 Å². The number of likely N-dealkylation sites (tertiary alicyclic amines) is 1. The lowest BCUT2D eigenvalue weighted by Gasteiger charge is -2.34. The zero-order chi connectivity index (χ0) is 24.4. The number of amides is 1. The van der Waals surface area contributed by atoms with Crippen LogP contribution in [0.4, 0.5) is 5.82 Å². The highest BCUT2D eigenvalue weighted by Crippen LogP contribution is 2.35. The lowest BCUT2D eigenvalue weighted by atomic mass is 10.0. The van der Waals surface area contributed by atoms with Crippen LogP contribution in [0.5, 0.6) is 11.5 Å². The van der Waals surface area contributed by atoms with E-state index in [-0.39, 0.29) is 26.8 Å². The lowest BCUT2D eigenvalue weighted by Crippen LogP contribution is -2.45. The van der Waals surface area contributed by atoms with Crippen LogP contribution in [0.2, 0.25) is 0 Å². The summed E-state index contributed by atoms with van der Waals surface area (Å²) in [5, 5.41) is 15.6. The summed E-state index contributed by atoms with van der Waals surface area (Å²) >= 11 is 0. The molecule has 37 heavy (non-hydrogen) atoms. The van der Waals surface area contributed by atoms with E-state index >= 15 is 0 Å². The van der Waals surface area contributed by atoms with Crippen LogP contribution in [0.15, 0.2) is 60.9 Å². The van der Waals surface area contributed by atoms with Crippen LogP contribution < -0.4 is 10.5 Å². The second kappa shape index (κ2) is 11.8. The van der Waals surface area contributed by atoms with Crippen LogP contribution in [0.25, 0.3) is 22.3 Å². The molecule has 1 aliphatic heterocycles. The number of aliphatic hydroxyl groups excluding tert-OH is 1. The molecule has 1 amide bonds. The molecular weight excluding hydrogens is 468 g/mol. The Kier molecular flexibility index (Phi) is 8.83. The number of rotatable bonds is 6. The molecule has 2 unspecified atom stereocenters. The molecule has 1 aliphatic rings. The fourth-order valence-electron chi connectivity index (χ4n) is 4.50. The Balaban J connectivity index is 0.00000190. The summed E-state index contributed by atoms with van der Waals surface area (Å²) in [7, 11) is 0. The number of carbonyl (C=O) groups excluding carboxylic acids is 1. The van der Waals surface area contributed by atoms with Crippen molar-refractivity contribution in [2.24, 2.45) is 0 Å². The van der Waals surface area contributed by atoms with Crippen molar-refractivity contribution in [3.63, 3.8) is 0 Å². The van der Waals surface area contributed by atoms with Gasteiger partial charge in [-0.05, 0) is 55.7 Å². The van der Waals surface area contributed by atoms with Crippen molar-refractivity contribution in [2.45, 2.75) is 53.2 Å². The molecular formula is C28H36N6O3. The third-order valence-corrected chi connectivity index (χ3v) is 6.35. The van der Waals surface area contributed by atoms with Crippen LogP contribution in [0.3, 0.4) is 0 Å². The normalized spacial score (nSPS) is 15.9. The molecule has 0 saturated carbocycles. The number of nitrogens with two attached hydrogens (primary N) is 1. The number of anilines is 1. The highest BCUT2D eigenvalue weighted by atomic mass is 16.5. The number of benzene rings is 2. The monoisotopic (exact) mass is 504 g/mol. The lowest BCUT2D eigenvalue weighted by molar-refractivity contribution is -0.142. The molecule has 0 aliphatic carbocycles. The van der Waals surface area contributed by atoms with E-state index in [4.69, 9.17) is 15.6 Å². The topological polar surface area (TPSA) is 119 Å². The molecule has 0 spiro atoms. The number of hydrogen-bond donors (Lipinski definition) is 2. The maximum absolute atomic E-state index is 12.6. The largest absolute Gasteiger partial charge is 0.457 e. The van der Waals surface area contributed by atoms with Crippen molar-refractivity contribution >= 4 is 22.8 Å². The van der Waals surface area contributed by atoms with E-state index in [0.29, 0.717) is 47.8 Å². The van der Waals surface area contributed by atoms with Gasteiger partial charge in [0, 0.05) is 18.7 Å². The van der Waals surface area contributed by atoms with Gasteiger partial charge in [0.15, 0.2) is 5.65 Å². The SMILES string of the molecule is C.C.CCC(O)C(=O)N1CCCC(n2nc(-c3ccc(Oc4ccccc4)cc3)c3c(N)ncnc32)C1. The molecule has 196 valence electrons. The first-order valence-corrected chi connectivity index (χ1v) is 11.8. The maximum atomic E-state index is 12.6. The van der Waals surface area contributed by atoms with Crippen molar-refractivity contribution in [3.8, 4) is 22.8 Å². The number of aliphatic hydroxyl groups is 1. The highest BCUT2D eigenvalue weighted by molar-refractivity contribution is 5.98. The van der Waals surface area contributed by atoms with Gasteiger partial charge in [0.1, 0.15) is 35.4 Å². The van der Waals surface area contributed by atoms with Gasteiger partial charge >= 0.3 is 0 Å². The Hall–Kier alpha value is -3.98. The van der Waals surface area contributed by atoms with Gasteiger partial charge in [-0.25, -0.2) is 14.6 Å². The Morgan fingerprint density at radius 1 is 1.11 bits per heavy atom. The van der Waals surface area contributed by atoms with E-state index in [0.717, 1.165) is 24.2 Å². The Bertz CT molecular complexity index is 1320. The minimum Gasteiger partial charge on any atom is -0.457 e. The summed E-state index contributed by atoms with van der Waals surface area (Å²) < 4.78 is 7.77. The first kappa shape index (κ1) is 27.6. The van der Waals surface area contributed by atoms with Gasteiger partial charge in [-0.3, -0.25) is 4.79 Å². The van der Waals surface area contributed by atoms with E-state index in [1.807, 2.05) is 59.3 Å². The third-order valence-electron chi connectivity index (χ3n) is 6.35. The number of fused-ring (bicyclic) bond motifs is 1. The molecule has 3 heterocycles. The van der Waals surface area contributed by atoms with Crippen molar-refractivity contribution < 1.29 is 14.6 Å². The van der Waals surface area contributed by atoms with Gasteiger partial charge in [-0.2, -0.15) is 5.10 Å². The molecule has 2 atom stereocenters. The van der Waals surface area contributed by atoms with Crippen LogP contribution in [0.1, 0.15) is 47.1 Å². The molecule has 1 fully saturated rings. The van der Waals surface area contributed by atoms with E-state index in [1.54, 1.807) is 11.8 Å². The molecule has 2 aromatic heterocycles. The minimum atomic E-state index is -0.978. The first-order chi connectivity index (χ1) is 17.0. The Labute approximate surface area is 217 Å². The van der Waals surface area contributed by atoms with Gasteiger partial charge in [-0.1, -0.05) is 40.0 Å². The summed E-state index contributed by atoms with van der Waals surface area (Å²) in [5.74, 6) is 1.59. The number of carbonyl (C=O) groups is 1. The average Bonchev–Trinajstić information content (AvgIpc) is 3.30. The molecule has 9 nitrogen and oxygen atoms in total. The van der Waals surface area contributed by atoms with E-state index in [1.165, 1.54) is 6.33 Å². The molecule has 0 radical (unpaired) electrons. The highest BCUT2D eigenvalue weighted by Gasteiger charge is 2.30. The van der Waals surface area contributed by atoms with E-state index < -0.39 is 6.10 Å². The van der Waals surface area contributed by atoms with E-state index in [2.05, 4.69) is 9.97 Å². The Morgan fingerprint density at radius 3 is 2.51 bits per heavy atom. The predicted molar refractivity (Wildman–Crippen MR) is 146 cm³/mol. The van der Waals surface area contributed by atoms with Gasteiger partial charge in [0.25, 0.3) is 5.91 Å². The molecule has 1 saturated heterocycles. The molecule has 4 aromatic rings. The van der Waals surface area contributed by atoms with Crippen LogP contribution in [-0.4, -0.2) is 54.9 Å². The average molecular weight is 505 g/mol. The molecule has 0 bridgehead atoms. The number of para-hydroxylation sites is 1. The predicted octanol–water partition coefficient (Wildman–Crippen LogP) is 5.07. The van der Waals surface area contributed by atoms with Crippen LogP contribution in [-0.2, 0) is 4.79 Å². The van der Waals surface area contributed by atoms with Crippen molar-refractivity contribution in [2.75, 3.05) is 18.8 Å². The van der Waals surface area contributed by atoms with Gasteiger partial charge in [0.2, 0.25) is 0 Å². The maximum Gasteiger partial charge on any atom is 0.251 e. The Morgan fingerprint density at radius 2 is 1.81 bits per heavy atom. The standard InChI is InChI=1S/C26H28N6O3.2CH4/c1-2-21(33)26(34)31-14-6-7-18(15-31)32-25-22(24(27)28-16-29-25)23(30-32)17-10-12-20(13-11-17)35-19-8-4-3-5-9-19;;/h3-5,8-13,16,18,21,33H,2,6-7,14-15H2,1H3,(H2,27,28,29);2*1H4. The zero-order valence-corrected chi connectivity index (χ0v) is 19.5. The van der Waals surface area contributed by atoms with Crippen LogP contribution >= 0.6 is 0 Å². The summed E-state index contributed by atoms with van der Waals surface area (Å²) in [4.78, 5) is 23.0. The van der Waals surface area contributed by atoms with Gasteiger partial charge < -0.3 is 20.5 Å². The zero-order valence-electron chi connectivity index (χ0n) is 19.5. The molecule has 5 rings (SSSR count). The third kappa shape index (κ3) is 5.56. The second-order valence-corrected chi connectivity index (χ2v) is 8.69. The summed E-state index contributed by atoms with van der Waals surface area (Å²) in [6.45, 7) is 2.88. The minimum absolute atomic E-state index is 0. The molecule has 3 N–H and O–H groups in total. The summed E-state index contributed by atoms with van der Waals surface area (Å²) in [6.07, 6.45) is 2.50. The second-order valence-electron chi connectivity index (χ2n) is 8.69. The molecule has 2 aromatic carbocycles. The quantitative estimate of drug-likeness (QED) is 0.376. The van der Waals surface area contributed by atoms with Crippen molar-refractivity contribution in [1.29, 1.82) is 0 Å². The fourth-order valence-corrected chi connectivity index (χ4v) is 4.50. The fraction of sp³-hybridized carbons (Fsp3) is 0.357. The number of nitrogens with zero attached hydrogens (tertiary/aromatic N) is 5. The molecule has 9 heteroatoms. The van der Waals surface area contributed by atoms with Crippen LogP contribution in [0, 0.1) is 0 Å². The van der Waals surface area contributed by atoms with Gasteiger partial charge in [0.05, 0.1) is 11.4 Å². The number of hydrogen-bond acceptors (Lipinski definition) is 7. The summed E-state index contributed by atoms with van der Waals surface area (Å²) in [6, 6.07) is 17.2. The number of nitrogen functional groups attached to an aromatic ring is 1. The first-order valence-electron chi connectivity index (χ1n) is 11.8. The van der Waals surface area contributed by atoms with Crippen molar-refractivity contribution in [3.05, 3.63) is 60.9 Å². The smallest absolute Gasteiger partial charge is 0.251 e. The number of piperidine rings is 1. The summed E-state index contributed by atoms with van der Waals surface area (Å²) in [5.41, 5.74) is 8.45.